The van der Waals surface area contributed by atoms with Crippen molar-refractivity contribution in [3.05, 3.63) is 40.6 Å². The van der Waals surface area contributed by atoms with Gasteiger partial charge >= 0.3 is 0 Å². The van der Waals surface area contributed by atoms with Gasteiger partial charge in [-0.1, -0.05) is 34.5 Å². The summed E-state index contributed by atoms with van der Waals surface area (Å²) >= 11 is 3.41. The molecule has 0 aliphatic carbocycles. The van der Waals surface area contributed by atoms with Crippen molar-refractivity contribution in [1.29, 1.82) is 0 Å². The molecule has 0 aliphatic heterocycles. The lowest BCUT2D eigenvalue weighted by Gasteiger charge is -1.98. The lowest BCUT2D eigenvalue weighted by molar-refractivity contribution is 0.761. The molecule has 0 atom stereocenters. The Balaban J connectivity index is 2.15. The molecule has 2 aromatic rings. The molecular formula is C12H14BrN3. The minimum Gasteiger partial charge on any atom is -0.220 e. The van der Waals surface area contributed by atoms with E-state index >= 15 is 0 Å². The summed E-state index contributed by atoms with van der Waals surface area (Å²) in [5, 5.41) is 8.27. The van der Waals surface area contributed by atoms with Gasteiger partial charge in [-0.05, 0) is 37.1 Å². The van der Waals surface area contributed by atoms with E-state index in [1.165, 1.54) is 12.8 Å². The SMILES string of the molecule is CCCCc1cn(-c2ccc(Br)cc2)nn1. The first-order valence-electron chi connectivity index (χ1n) is 5.47. The highest BCUT2D eigenvalue weighted by Crippen LogP contribution is 2.13. The molecule has 0 bridgehead atoms. The van der Waals surface area contributed by atoms with E-state index in [0.717, 1.165) is 22.3 Å². The standard InChI is InChI=1S/C12H14BrN3/c1-2-3-4-11-9-16(15-14-11)12-7-5-10(13)6-8-12/h5-9H,2-4H2,1H3. The predicted octanol–water partition coefficient (Wildman–Crippen LogP) is 3.37. The molecule has 0 saturated carbocycles. The third-order valence-corrected chi connectivity index (χ3v) is 2.95. The van der Waals surface area contributed by atoms with Crippen LogP contribution in [0, 0.1) is 0 Å². The van der Waals surface area contributed by atoms with E-state index in [-0.39, 0.29) is 0 Å². The minimum atomic E-state index is 1.01. The fourth-order valence-electron chi connectivity index (χ4n) is 1.49. The average molecular weight is 280 g/mol. The molecule has 1 heterocycles. The molecule has 0 aliphatic rings. The summed E-state index contributed by atoms with van der Waals surface area (Å²) in [5.74, 6) is 0. The third-order valence-electron chi connectivity index (χ3n) is 2.42. The predicted molar refractivity (Wildman–Crippen MR) is 67.7 cm³/mol. The maximum absolute atomic E-state index is 4.15. The van der Waals surface area contributed by atoms with Gasteiger partial charge in [0.25, 0.3) is 0 Å². The van der Waals surface area contributed by atoms with Crippen LogP contribution in [0.15, 0.2) is 34.9 Å². The summed E-state index contributed by atoms with van der Waals surface area (Å²) < 4.78 is 2.89. The smallest absolute Gasteiger partial charge is 0.0831 e. The van der Waals surface area contributed by atoms with Crippen LogP contribution in [0.1, 0.15) is 25.5 Å². The van der Waals surface area contributed by atoms with Gasteiger partial charge in [-0.2, -0.15) is 0 Å². The molecule has 3 nitrogen and oxygen atoms in total. The zero-order chi connectivity index (χ0) is 11.4. The van der Waals surface area contributed by atoms with Crippen LogP contribution in [0.4, 0.5) is 0 Å². The second-order valence-electron chi connectivity index (χ2n) is 3.73. The molecule has 0 unspecified atom stereocenters. The number of unbranched alkanes of at least 4 members (excludes halogenated alkanes) is 1. The average Bonchev–Trinajstić information content (AvgIpc) is 2.76. The van der Waals surface area contributed by atoms with Gasteiger partial charge in [-0.15, -0.1) is 5.10 Å². The van der Waals surface area contributed by atoms with Gasteiger partial charge in [-0.3, -0.25) is 0 Å². The maximum atomic E-state index is 4.15. The number of hydrogen-bond acceptors (Lipinski definition) is 2. The number of aryl methyl sites for hydroxylation is 1. The topological polar surface area (TPSA) is 30.7 Å². The Morgan fingerprint density at radius 2 is 2.00 bits per heavy atom. The van der Waals surface area contributed by atoms with Crippen LogP contribution in [0.5, 0.6) is 0 Å². The van der Waals surface area contributed by atoms with E-state index in [1.54, 1.807) is 0 Å². The Labute approximate surface area is 104 Å². The first-order chi connectivity index (χ1) is 7.79. The highest BCUT2D eigenvalue weighted by Gasteiger charge is 2.01. The largest absolute Gasteiger partial charge is 0.220 e. The van der Waals surface area contributed by atoms with Crippen LogP contribution in [0.3, 0.4) is 0 Å². The van der Waals surface area contributed by atoms with Crippen molar-refractivity contribution < 1.29 is 0 Å². The third kappa shape index (κ3) is 2.70. The fourth-order valence-corrected chi connectivity index (χ4v) is 1.76. The number of aromatic nitrogens is 3. The van der Waals surface area contributed by atoms with Crippen molar-refractivity contribution in [3.63, 3.8) is 0 Å². The second kappa shape index (κ2) is 5.25. The van der Waals surface area contributed by atoms with E-state index in [0.29, 0.717) is 0 Å². The van der Waals surface area contributed by atoms with Gasteiger partial charge in [0, 0.05) is 4.47 Å². The normalized spacial score (nSPS) is 10.6. The molecule has 1 aromatic heterocycles. The summed E-state index contributed by atoms with van der Waals surface area (Å²) in [6.45, 7) is 2.18. The molecule has 16 heavy (non-hydrogen) atoms. The van der Waals surface area contributed by atoms with Crippen molar-refractivity contribution in [2.75, 3.05) is 0 Å². The zero-order valence-corrected chi connectivity index (χ0v) is 10.8. The van der Waals surface area contributed by atoms with Crippen LogP contribution in [0.2, 0.25) is 0 Å². The summed E-state index contributed by atoms with van der Waals surface area (Å²) in [7, 11) is 0. The first-order valence-corrected chi connectivity index (χ1v) is 6.26. The van der Waals surface area contributed by atoms with Crippen LogP contribution in [0.25, 0.3) is 5.69 Å². The highest BCUT2D eigenvalue weighted by molar-refractivity contribution is 9.10. The molecule has 0 N–H and O–H groups in total. The number of rotatable bonds is 4. The van der Waals surface area contributed by atoms with Crippen LogP contribution in [-0.4, -0.2) is 15.0 Å². The van der Waals surface area contributed by atoms with Gasteiger partial charge in [0.05, 0.1) is 17.6 Å². The molecule has 0 fully saturated rings. The Morgan fingerprint density at radius 3 is 2.69 bits per heavy atom. The lowest BCUT2D eigenvalue weighted by Crippen LogP contribution is -1.93. The number of nitrogens with zero attached hydrogens (tertiary/aromatic N) is 3. The lowest BCUT2D eigenvalue weighted by atomic mass is 10.2. The molecular weight excluding hydrogens is 266 g/mol. The van der Waals surface area contributed by atoms with E-state index < -0.39 is 0 Å². The second-order valence-corrected chi connectivity index (χ2v) is 4.65. The number of halogens is 1. The van der Waals surface area contributed by atoms with Gasteiger partial charge in [0.15, 0.2) is 0 Å². The molecule has 0 spiro atoms. The number of hydrogen-bond donors (Lipinski definition) is 0. The fraction of sp³-hybridized carbons (Fsp3) is 0.333. The number of benzene rings is 1. The van der Waals surface area contributed by atoms with Crippen LogP contribution in [-0.2, 0) is 6.42 Å². The van der Waals surface area contributed by atoms with Gasteiger partial charge in [0.1, 0.15) is 0 Å². The maximum Gasteiger partial charge on any atom is 0.0831 e. The Kier molecular flexibility index (Phi) is 3.72. The van der Waals surface area contributed by atoms with Crippen LogP contribution < -0.4 is 0 Å². The van der Waals surface area contributed by atoms with Gasteiger partial charge in [0.2, 0.25) is 0 Å². The molecule has 84 valence electrons. The van der Waals surface area contributed by atoms with E-state index in [1.807, 2.05) is 35.1 Å². The Morgan fingerprint density at radius 1 is 1.25 bits per heavy atom. The van der Waals surface area contributed by atoms with E-state index in [9.17, 15) is 0 Å². The summed E-state index contributed by atoms with van der Waals surface area (Å²) in [4.78, 5) is 0. The molecule has 0 saturated heterocycles. The van der Waals surface area contributed by atoms with Gasteiger partial charge < -0.3 is 0 Å². The Hall–Kier alpha value is -1.16. The Bertz CT molecular complexity index is 448. The van der Waals surface area contributed by atoms with Crippen molar-refractivity contribution in [2.45, 2.75) is 26.2 Å². The van der Waals surface area contributed by atoms with Crippen molar-refractivity contribution in [1.82, 2.24) is 15.0 Å². The van der Waals surface area contributed by atoms with Crippen molar-refractivity contribution >= 4 is 15.9 Å². The molecule has 0 radical (unpaired) electrons. The molecule has 2 rings (SSSR count). The molecule has 0 amide bonds. The van der Waals surface area contributed by atoms with Crippen molar-refractivity contribution in [2.24, 2.45) is 0 Å². The van der Waals surface area contributed by atoms with Gasteiger partial charge in [-0.25, -0.2) is 4.68 Å². The summed E-state index contributed by atoms with van der Waals surface area (Å²) in [5.41, 5.74) is 2.10. The molecule has 4 heteroatoms. The van der Waals surface area contributed by atoms with E-state index in [4.69, 9.17) is 0 Å². The summed E-state index contributed by atoms with van der Waals surface area (Å²) in [6, 6.07) is 8.04. The van der Waals surface area contributed by atoms with Crippen LogP contribution >= 0.6 is 15.9 Å². The quantitative estimate of drug-likeness (QED) is 0.859. The van der Waals surface area contributed by atoms with E-state index in [2.05, 4.69) is 33.2 Å². The highest BCUT2D eigenvalue weighted by atomic mass is 79.9. The first kappa shape index (κ1) is 11.3. The monoisotopic (exact) mass is 279 g/mol. The minimum absolute atomic E-state index is 1.01. The zero-order valence-electron chi connectivity index (χ0n) is 9.23. The molecule has 1 aromatic carbocycles. The van der Waals surface area contributed by atoms with Crippen molar-refractivity contribution in [3.8, 4) is 5.69 Å². The summed E-state index contributed by atoms with van der Waals surface area (Å²) in [6.07, 6.45) is 5.36.